The lowest BCUT2D eigenvalue weighted by Crippen LogP contribution is -1.99. The van der Waals surface area contributed by atoms with Crippen molar-refractivity contribution in [3.8, 4) is 0 Å². The van der Waals surface area contributed by atoms with Crippen LogP contribution >= 0.6 is 11.8 Å². The van der Waals surface area contributed by atoms with Crippen LogP contribution in [-0.2, 0) is 0 Å². The average Bonchev–Trinajstić information content (AvgIpc) is 3.11. The zero-order valence-electron chi connectivity index (χ0n) is 9.89. The Kier molecular flexibility index (Phi) is 3.00. The standard InChI is InChI=1S/C11H13N5OS/c1-7(17)10-5-4-9(6-12-10)18-11-13-14-15-16(11)8-2-3-8/h4-8,17H,2-3H2,1H3/t7-/m0/s1. The molecule has 0 aliphatic heterocycles. The van der Waals surface area contributed by atoms with Gasteiger partial charge in [-0.25, -0.2) is 4.68 Å². The average molecular weight is 263 g/mol. The predicted octanol–water partition coefficient (Wildman–Crippen LogP) is 1.61. The summed E-state index contributed by atoms with van der Waals surface area (Å²) in [6.45, 7) is 1.70. The zero-order chi connectivity index (χ0) is 12.5. The molecule has 0 spiro atoms. The summed E-state index contributed by atoms with van der Waals surface area (Å²) in [6, 6.07) is 4.20. The molecular weight excluding hydrogens is 250 g/mol. The summed E-state index contributed by atoms with van der Waals surface area (Å²) in [6.07, 6.45) is 3.50. The van der Waals surface area contributed by atoms with Crippen LogP contribution in [0.1, 0.15) is 37.6 Å². The number of rotatable bonds is 4. The van der Waals surface area contributed by atoms with Crippen LogP contribution in [0, 0.1) is 0 Å². The number of tetrazole rings is 1. The van der Waals surface area contributed by atoms with Crippen LogP contribution in [0.25, 0.3) is 0 Å². The van der Waals surface area contributed by atoms with Crippen molar-refractivity contribution in [2.24, 2.45) is 0 Å². The maximum atomic E-state index is 9.39. The number of aliphatic hydroxyl groups is 1. The molecule has 1 aliphatic rings. The SMILES string of the molecule is C[C@H](O)c1ccc(Sc2nnnn2C2CC2)cn1. The van der Waals surface area contributed by atoms with Gasteiger partial charge in [-0.1, -0.05) is 0 Å². The van der Waals surface area contributed by atoms with Crippen molar-refractivity contribution < 1.29 is 5.11 Å². The molecule has 2 aromatic heterocycles. The molecule has 0 radical (unpaired) electrons. The molecule has 2 heterocycles. The van der Waals surface area contributed by atoms with Crippen LogP contribution in [0.4, 0.5) is 0 Å². The van der Waals surface area contributed by atoms with E-state index >= 15 is 0 Å². The Bertz CT molecular complexity index is 535. The first-order chi connectivity index (χ1) is 8.74. The van der Waals surface area contributed by atoms with Crippen molar-refractivity contribution in [1.82, 2.24) is 25.2 Å². The Morgan fingerprint density at radius 2 is 2.28 bits per heavy atom. The fourth-order valence-corrected chi connectivity index (χ4v) is 2.41. The minimum absolute atomic E-state index is 0.465. The minimum Gasteiger partial charge on any atom is -0.387 e. The molecular formula is C11H13N5OS. The van der Waals surface area contributed by atoms with Crippen molar-refractivity contribution >= 4 is 11.8 Å². The summed E-state index contributed by atoms with van der Waals surface area (Å²) >= 11 is 1.49. The largest absolute Gasteiger partial charge is 0.387 e. The molecule has 2 aromatic rings. The molecule has 7 heteroatoms. The first-order valence-corrected chi connectivity index (χ1v) is 6.65. The summed E-state index contributed by atoms with van der Waals surface area (Å²) < 4.78 is 1.87. The van der Waals surface area contributed by atoms with E-state index in [0.29, 0.717) is 11.7 Å². The Hall–Kier alpha value is -1.47. The Morgan fingerprint density at radius 3 is 2.89 bits per heavy atom. The fraction of sp³-hybridized carbons (Fsp3) is 0.455. The first-order valence-electron chi connectivity index (χ1n) is 5.84. The second kappa shape index (κ2) is 4.66. The third-order valence-electron chi connectivity index (χ3n) is 2.75. The summed E-state index contributed by atoms with van der Waals surface area (Å²) in [7, 11) is 0. The van der Waals surface area contributed by atoms with Gasteiger partial charge in [0.2, 0.25) is 5.16 Å². The number of hydrogen-bond acceptors (Lipinski definition) is 6. The molecule has 1 N–H and O–H groups in total. The van der Waals surface area contributed by atoms with Gasteiger partial charge in [0.1, 0.15) is 0 Å². The number of hydrogen-bond donors (Lipinski definition) is 1. The molecule has 1 fully saturated rings. The number of pyridine rings is 1. The van der Waals surface area contributed by atoms with Crippen LogP contribution < -0.4 is 0 Å². The summed E-state index contributed by atoms with van der Waals surface area (Å²) in [4.78, 5) is 5.17. The monoisotopic (exact) mass is 263 g/mol. The summed E-state index contributed by atoms with van der Waals surface area (Å²) in [5, 5.41) is 21.9. The van der Waals surface area contributed by atoms with E-state index in [9.17, 15) is 5.11 Å². The fourth-order valence-electron chi connectivity index (χ4n) is 1.61. The van der Waals surface area contributed by atoms with E-state index in [2.05, 4.69) is 20.5 Å². The van der Waals surface area contributed by atoms with E-state index in [-0.39, 0.29) is 0 Å². The third kappa shape index (κ3) is 2.37. The molecule has 18 heavy (non-hydrogen) atoms. The van der Waals surface area contributed by atoms with Gasteiger partial charge in [0, 0.05) is 11.1 Å². The quantitative estimate of drug-likeness (QED) is 0.903. The summed E-state index contributed by atoms with van der Waals surface area (Å²) in [5.41, 5.74) is 0.668. The van der Waals surface area contributed by atoms with E-state index in [0.717, 1.165) is 22.9 Å². The minimum atomic E-state index is -0.541. The van der Waals surface area contributed by atoms with Crippen molar-refractivity contribution in [1.29, 1.82) is 0 Å². The molecule has 1 saturated carbocycles. The van der Waals surface area contributed by atoms with Crippen molar-refractivity contribution in [3.63, 3.8) is 0 Å². The summed E-state index contributed by atoms with van der Waals surface area (Å²) in [5.74, 6) is 0. The van der Waals surface area contributed by atoms with Gasteiger partial charge in [0.25, 0.3) is 0 Å². The van der Waals surface area contributed by atoms with Gasteiger partial charge in [-0.15, -0.1) is 5.10 Å². The molecule has 0 aromatic carbocycles. The molecule has 0 amide bonds. The molecule has 0 bridgehead atoms. The maximum absolute atomic E-state index is 9.39. The first kappa shape index (κ1) is 11.6. The van der Waals surface area contributed by atoms with Gasteiger partial charge >= 0.3 is 0 Å². The van der Waals surface area contributed by atoms with E-state index in [4.69, 9.17) is 0 Å². The van der Waals surface area contributed by atoms with E-state index < -0.39 is 6.10 Å². The van der Waals surface area contributed by atoms with Gasteiger partial charge in [-0.05, 0) is 54.1 Å². The normalized spacial score (nSPS) is 16.8. The molecule has 1 atom stereocenters. The second-order valence-electron chi connectivity index (χ2n) is 4.33. The van der Waals surface area contributed by atoms with Gasteiger partial charge in [-0.2, -0.15) is 0 Å². The van der Waals surface area contributed by atoms with E-state index in [1.165, 1.54) is 11.8 Å². The van der Waals surface area contributed by atoms with Crippen molar-refractivity contribution in [2.45, 2.75) is 42.0 Å². The lowest BCUT2D eigenvalue weighted by atomic mass is 10.2. The van der Waals surface area contributed by atoms with Gasteiger partial charge in [-0.3, -0.25) is 4.98 Å². The number of aromatic nitrogens is 5. The van der Waals surface area contributed by atoms with Crippen molar-refractivity contribution in [2.75, 3.05) is 0 Å². The van der Waals surface area contributed by atoms with Crippen LogP contribution in [0.2, 0.25) is 0 Å². The van der Waals surface area contributed by atoms with E-state index in [1.54, 1.807) is 13.1 Å². The molecule has 0 unspecified atom stereocenters. The highest BCUT2D eigenvalue weighted by molar-refractivity contribution is 7.99. The molecule has 0 saturated heterocycles. The number of nitrogens with zero attached hydrogens (tertiary/aromatic N) is 5. The van der Waals surface area contributed by atoms with Gasteiger partial charge < -0.3 is 5.11 Å². The number of aliphatic hydroxyl groups excluding tert-OH is 1. The van der Waals surface area contributed by atoms with Gasteiger partial charge in [0.15, 0.2) is 0 Å². The highest BCUT2D eigenvalue weighted by Crippen LogP contribution is 2.37. The van der Waals surface area contributed by atoms with Crippen molar-refractivity contribution in [3.05, 3.63) is 24.0 Å². The predicted molar refractivity (Wildman–Crippen MR) is 65.1 cm³/mol. The topological polar surface area (TPSA) is 76.7 Å². The van der Waals surface area contributed by atoms with Gasteiger partial charge in [0.05, 0.1) is 17.8 Å². The second-order valence-corrected chi connectivity index (χ2v) is 5.37. The molecule has 94 valence electrons. The zero-order valence-corrected chi connectivity index (χ0v) is 10.7. The molecule has 6 nitrogen and oxygen atoms in total. The van der Waals surface area contributed by atoms with Crippen LogP contribution in [0.15, 0.2) is 28.4 Å². The Labute approximate surface area is 108 Å². The van der Waals surface area contributed by atoms with Crippen LogP contribution in [0.3, 0.4) is 0 Å². The smallest absolute Gasteiger partial charge is 0.214 e. The molecule has 1 aliphatic carbocycles. The van der Waals surface area contributed by atoms with E-state index in [1.807, 2.05) is 16.8 Å². The van der Waals surface area contributed by atoms with Crippen LogP contribution in [0.5, 0.6) is 0 Å². The maximum Gasteiger partial charge on any atom is 0.214 e. The highest BCUT2D eigenvalue weighted by Gasteiger charge is 2.28. The lowest BCUT2D eigenvalue weighted by molar-refractivity contribution is 0.194. The Morgan fingerprint density at radius 1 is 1.44 bits per heavy atom. The lowest BCUT2D eigenvalue weighted by Gasteiger charge is -2.05. The van der Waals surface area contributed by atoms with Crippen LogP contribution in [-0.4, -0.2) is 30.3 Å². The Balaban J connectivity index is 1.77. The highest BCUT2D eigenvalue weighted by atomic mass is 32.2. The third-order valence-corrected chi connectivity index (χ3v) is 3.68. The molecule has 3 rings (SSSR count).